The van der Waals surface area contributed by atoms with E-state index >= 15 is 0 Å². The largest absolute Gasteiger partial charge is 0.308 e. The van der Waals surface area contributed by atoms with E-state index in [1.54, 1.807) is 0 Å². The van der Waals surface area contributed by atoms with Gasteiger partial charge in [-0.3, -0.25) is 4.90 Å². The van der Waals surface area contributed by atoms with Gasteiger partial charge in [-0.1, -0.05) is 28.9 Å². The Hall–Kier alpha value is -0.450. The standard InChI is InChI=1S/C14H22BrFN2/c1-5-18(11(2)9-17(3)4)10-12-6-7-13(16)8-14(12)15/h6-8,11H,5,9-10H2,1-4H3. The number of benzene rings is 1. The summed E-state index contributed by atoms with van der Waals surface area (Å²) in [4.78, 5) is 4.57. The average molecular weight is 317 g/mol. The summed E-state index contributed by atoms with van der Waals surface area (Å²) < 4.78 is 13.9. The second kappa shape index (κ2) is 7.22. The molecular formula is C14H22BrFN2. The molecule has 0 N–H and O–H groups in total. The Kier molecular flexibility index (Phi) is 6.26. The van der Waals surface area contributed by atoms with Crippen molar-refractivity contribution < 1.29 is 4.39 Å². The van der Waals surface area contributed by atoms with Crippen LogP contribution in [0.15, 0.2) is 22.7 Å². The van der Waals surface area contributed by atoms with Gasteiger partial charge in [0.15, 0.2) is 0 Å². The van der Waals surface area contributed by atoms with Crippen molar-refractivity contribution in [2.75, 3.05) is 27.2 Å². The quantitative estimate of drug-likeness (QED) is 0.794. The van der Waals surface area contributed by atoms with E-state index in [4.69, 9.17) is 0 Å². The zero-order valence-corrected chi connectivity index (χ0v) is 13.2. The zero-order chi connectivity index (χ0) is 13.7. The van der Waals surface area contributed by atoms with Crippen LogP contribution < -0.4 is 0 Å². The minimum absolute atomic E-state index is 0.199. The lowest BCUT2D eigenvalue weighted by Crippen LogP contribution is -2.39. The molecule has 0 heterocycles. The molecule has 0 bridgehead atoms. The highest BCUT2D eigenvalue weighted by atomic mass is 79.9. The van der Waals surface area contributed by atoms with E-state index in [1.165, 1.54) is 12.1 Å². The third-order valence-electron chi connectivity index (χ3n) is 3.05. The molecule has 0 spiro atoms. The molecule has 0 aromatic heterocycles. The Morgan fingerprint density at radius 3 is 2.50 bits per heavy atom. The van der Waals surface area contributed by atoms with Crippen molar-refractivity contribution in [3.8, 4) is 0 Å². The van der Waals surface area contributed by atoms with Crippen LogP contribution >= 0.6 is 15.9 Å². The van der Waals surface area contributed by atoms with E-state index in [-0.39, 0.29) is 5.82 Å². The lowest BCUT2D eigenvalue weighted by Gasteiger charge is -2.30. The number of nitrogens with zero attached hydrogens (tertiary/aromatic N) is 2. The number of halogens is 2. The summed E-state index contributed by atoms with van der Waals surface area (Å²) in [6, 6.07) is 5.37. The molecule has 0 saturated carbocycles. The summed E-state index contributed by atoms with van der Waals surface area (Å²) in [5, 5.41) is 0. The van der Waals surface area contributed by atoms with Gasteiger partial charge in [-0.05, 0) is 45.3 Å². The highest BCUT2D eigenvalue weighted by Gasteiger charge is 2.14. The minimum atomic E-state index is -0.199. The van der Waals surface area contributed by atoms with Crippen LogP contribution in [0.4, 0.5) is 4.39 Å². The first-order valence-corrected chi connectivity index (χ1v) is 7.06. The Bertz CT molecular complexity index is 382. The van der Waals surface area contributed by atoms with Gasteiger partial charge in [-0.25, -0.2) is 4.39 Å². The molecule has 102 valence electrons. The normalized spacial score (nSPS) is 13.3. The highest BCUT2D eigenvalue weighted by molar-refractivity contribution is 9.10. The fraction of sp³-hybridized carbons (Fsp3) is 0.571. The number of hydrogen-bond donors (Lipinski definition) is 0. The third-order valence-corrected chi connectivity index (χ3v) is 3.79. The van der Waals surface area contributed by atoms with Gasteiger partial charge in [-0.2, -0.15) is 0 Å². The molecule has 0 aliphatic carbocycles. The fourth-order valence-corrected chi connectivity index (χ4v) is 2.57. The Labute approximate surface area is 118 Å². The van der Waals surface area contributed by atoms with E-state index in [9.17, 15) is 4.39 Å². The maximum Gasteiger partial charge on any atom is 0.124 e. The molecule has 0 radical (unpaired) electrons. The molecule has 18 heavy (non-hydrogen) atoms. The van der Waals surface area contributed by atoms with E-state index in [2.05, 4.69) is 53.7 Å². The molecule has 1 aromatic rings. The first kappa shape index (κ1) is 15.6. The number of rotatable bonds is 6. The van der Waals surface area contributed by atoms with Crippen LogP contribution in [0.2, 0.25) is 0 Å². The van der Waals surface area contributed by atoms with Gasteiger partial charge in [0.25, 0.3) is 0 Å². The Morgan fingerprint density at radius 1 is 1.33 bits per heavy atom. The summed E-state index contributed by atoms with van der Waals surface area (Å²) in [6.45, 7) is 7.22. The van der Waals surface area contributed by atoms with Gasteiger partial charge < -0.3 is 4.90 Å². The SMILES string of the molecule is CCN(Cc1ccc(F)cc1Br)C(C)CN(C)C. The Morgan fingerprint density at radius 2 is 2.00 bits per heavy atom. The average Bonchev–Trinajstić information content (AvgIpc) is 2.27. The maximum atomic E-state index is 13.0. The monoisotopic (exact) mass is 316 g/mol. The molecule has 0 aliphatic heterocycles. The predicted octanol–water partition coefficient (Wildman–Crippen LogP) is 3.36. The third kappa shape index (κ3) is 4.67. The Balaban J connectivity index is 2.73. The van der Waals surface area contributed by atoms with Gasteiger partial charge >= 0.3 is 0 Å². The highest BCUT2D eigenvalue weighted by Crippen LogP contribution is 2.20. The molecule has 0 amide bonds. The van der Waals surface area contributed by atoms with Crippen molar-refractivity contribution in [3.63, 3.8) is 0 Å². The second-order valence-electron chi connectivity index (χ2n) is 4.91. The molecule has 4 heteroatoms. The van der Waals surface area contributed by atoms with Crippen LogP contribution in [0.1, 0.15) is 19.4 Å². The van der Waals surface area contributed by atoms with E-state index in [0.29, 0.717) is 6.04 Å². The van der Waals surface area contributed by atoms with Gasteiger partial charge in [-0.15, -0.1) is 0 Å². The fourth-order valence-electron chi connectivity index (χ4n) is 2.09. The predicted molar refractivity (Wildman–Crippen MR) is 78.2 cm³/mol. The zero-order valence-electron chi connectivity index (χ0n) is 11.6. The van der Waals surface area contributed by atoms with Crippen molar-refractivity contribution in [3.05, 3.63) is 34.1 Å². The summed E-state index contributed by atoms with van der Waals surface area (Å²) in [7, 11) is 4.16. The molecule has 1 unspecified atom stereocenters. The molecule has 1 rings (SSSR count). The van der Waals surface area contributed by atoms with Crippen molar-refractivity contribution in [2.45, 2.75) is 26.4 Å². The summed E-state index contributed by atoms with van der Waals surface area (Å²) in [5.74, 6) is -0.199. The molecular weight excluding hydrogens is 295 g/mol. The topological polar surface area (TPSA) is 6.48 Å². The van der Waals surface area contributed by atoms with Crippen molar-refractivity contribution in [1.29, 1.82) is 0 Å². The van der Waals surface area contributed by atoms with Crippen molar-refractivity contribution >= 4 is 15.9 Å². The van der Waals surface area contributed by atoms with E-state index in [0.717, 1.165) is 29.7 Å². The van der Waals surface area contributed by atoms with E-state index < -0.39 is 0 Å². The number of likely N-dealkylation sites (N-methyl/N-ethyl adjacent to an activating group) is 2. The lowest BCUT2D eigenvalue weighted by molar-refractivity contribution is 0.174. The first-order chi connectivity index (χ1) is 8.43. The lowest BCUT2D eigenvalue weighted by atomic mass is 10.1. The summed E-state index contributed by atoms with van der Waals surface area (Å²) >= 11 is 3.43. The van der Waals surface area contributed by atoms with Crippen LogP contribution in [0.5, 0.6) is 0 Å². The molecule has 0 aliphatic rings. The van der Waals surface area contributed by atoms with E-state index in [1.807, 2.05) is 6.07 Å². The molecule has 1 atom stereocenters. The summed E-state index contributed by atoms with van der Waals surface area (Å²) in [5.41, 5.74) is 1.13. The van der Waals surface area contributed by atoms with Crippen molar-refractivity contribution in [1.82, 2.24) is 9.80 Å². The molecule has 1 aromatic carbocycles. The summed E-state index contributed by atoms with van der Waals surface area (Å²) in [6.07, 6.45) is 0. The van der Waals surface area contributed by atoms with Gasteiger partial charge in [0, 0.05) is 23.6 Å². The first-order valence-electron chi connectivity index (χ1n) is 6.26. The van der Waals surface area contributed by atoms with Gasteiger partial charge in [0.2, 0.25) is 0 Å². The second-order valence-corrected chi connectivity index (χ2v) is 5.76. The van der Waals surface area contributed by atoms with Gasteiger partial charge in [0.05, 0.1) is 0 Å². The molecule has 0 saturated heterocycles. The van der Waals surface area contributed by atoms with Crippen LogP contribution in [-0.4, -0.2) is 43.0 Å². The maximum absolute atomic E-state index is 13.0. The smallest absolute Gasteiger partial charge is 0.124 e. The molecule has 0 fully saturated rings. The van der Waals surface area contributed by atoms with Crippen molar-refractivity contribution in [2.24, 2.45) is 0 Å². The molecule has 2 nitrogen and oxygen atoms in total. The van der Waals surface area contributed by atoms with Crippen LogP contribution in [0.25, 0.3) is 0 Å². The number of hydrogen-bond acceptors (Lipinski definition) is 2. The minimum Gasteiger partial charge on any atom is -0.308 e. The van der Waals surface area contributed by atoms with Gasteiger partial charge in [0.1, 0.15) is 5.82 Å². The van der Waals surface area contributed by atoms with Crippen LogP contribution in [-0.2, 0) is 6.54 Å². The van der Waals surface area contributed by atoms with Crippen LogP contribution in [0.3, 0.4) is 0 Å². The van der Waals surface area contributed by atoms with Crippen LogP contribution in [0, 0.1) is 5.82 Å².